The smallest absolute Gasteiger partial charge is 0.336 e. The first kappa shape index (κ1) is 22.0. The van der Waals surface area contributed by atoms with E-state index in [1.807, 2.05) is 0 Å². The number of aliphatic hydroxyl groups is 3. The molecule has 0 fully saturated rings. The molecule has 0 saturated carbocycles. The highest BCUT2D eigenvalue weighted by molar-refractivity contribution is 5.88. The summed E-state index contributed by atoms with van der Waals surface area (Å²) in [6, 6.07) is 0. The number of rotatable bonds is 8. The van der Waals surface area contributed by atoms with Crippen molar-refractivity contribution in [3.8, 4) is 0 Å². The molecule has 1 atom stereocenters. The lowest BCUT2D eigenvalue weighted by molar-refractivity contribution is -0.170. The van der Waals surface area contributed by atoms with Crippen LogP contribution < -0.4 is 0 Å². The highest BCUT2D eigenvalue weighted by Crippen LogP contribution is 2.15. The van der Waals surface area contributed by atoms with Crippen LogP contribution >= 0.6 is 0 Å². The Balaban J connectivity index is 0. The Hall–Kier alpha value is -2.24. The molecule has 0 spiro atoms. The molecule has 0 radical (unpaired) electrons. The normalized spacial score (nSPS) is 11.6. The summed E-state index contributed by atoms with van der Waals surface area (Å²) in [6.07, 6.45) is -3.24. The Morgan fingerprint density at radius 2 is 1.45 bits per heavy atom. The van der Waals surface area contributed by atoms with Gasteiger partial charge in [0.2, 0.25) is 0 Å². The second kappa shape index (κ2) is 10.5. The van der Waals surface area contributed by atoms with Crippen LogP contribution in [0.15, 0.2) is 0 Å². The van der Waals surface area contributed by atoms with Crippen molar-refractivity contribution in [1.29, 1.82) is 0 Å². The van der Waals surface area contributed by atoms with E-state index in [0.29, 0.717) is 0 Å². The van der Waals surface area contributed by atoms with E-state index in [9.17, 15) is 19.2 Å². The van der Waals surface area contributed by atoms with Crippen LogP contribution in [0, 0.1) is 0 Å². The molecule has 0 aliphatic carbocycles. The molecular weight excluding hydrogens is 308 g/mol. The van der Waals surface area contributed by atoms with Gasteiger partial charge in [-0.1, -0.05) is 0 Å². The molecule has 0 bridgehead atoms. The number of hydrogen-bond donors (Lipinski definition) is 6. The van der Waals surface area contributed by atoms with Crippen LogP contribution in [-0.4, -0.2) is 79.4 Å². The second-order valence-electron chi connectivity index (χ2n) is 4.12. The molecule has 128 valence electrons. The van der Waals surface area contributed by atoms with Gasteiger partial charge in [-0.15, -0.1) is 0 Å². The molecule has 0 rings (SSSR count). The zero-order valence-electron chi connectivity index (χ0n) is 11.6. The molecule has 6 N–H and O–H groups in total. The monoisotopic (exact) mass is 326 g/mol. The largest absolute Gasteiger partial charge is 0.481 e. The first-order valence-electron chi connectivity index (χ1n) is 5.76. The van der Waals surface area contributed by atoms with Crippen LogP contribution in [0.5, 0.6) is 0 Å². The fourth-order valence-electron chi connectivity index (χ4n) is 0.980. The molecule has 11 heteroatoms. The molecule has 0 aliphatic rings. The van der Waals surface area contributed by atoms with Crippen LogP contribution in [0.3, 0.4) is 0 Å². The topological polar surface area (TPSA) is 199 Å². The molecule has 1 unspecified atom stereocenters. The molecule has 0 saturated heterocycles. The van der Waals surface area contributed by atoms with Crippen LogP contribution in [0.25, 0.3) is 0 Å². The number of carboxylic acid groups (broad SMARTS) is 3. The lowest BCUT2D eigenvalue weighted by Crippen LogP contribution is -2.42. The molecule has 0 aromatic rings. The molecule has 22 heavy (non-hydrogen) atoms. The van der Waals surface area contributed by atoms with Crippen LogP contribution in [0.1, 0.15) is 19.8 Å². The van der Waals surface area contributed by atoms with Crippen LogP contribution in [0.2, 0.25) is 0 Å². The van der Waals surface area contributed by atoms with E-state index in [1.54, 1.807) is 0 Å². The van der Waals surface area contributed by atoms with Crippen molar-refractivity contribution < 1.29 is 54.6 Å². The number of esters is 1. The van der Waals surface area contributed by atoms with Crippen LogP contribution in [-0.2, 0) is 23.9 Å². The summed E-state index contributed by atoms with van der Waals surface area (Å²) in [5, 5.41) is 50.6. The molecule has 0 aromatic heterocycles. The minimum atomic E-state index is -2.74. The summed E-state index contributed by atoms with van der Waals surface area (Å²) in [5.74, 6) is -5.47. The van der Waals surface area contributed by atoms with E-state index in [1.165, 1.54) is 6.92 Å². The zero-order chi connectivity index (χ0) is 17.9. The van der Waals surface area contributed by atoms with E-state index >= 15 is 0 Å². The SMILES string of the molecule is CC(=O)OCC(O)CO.O=C(O)CC(O)(CC(=O)O)C(=O)O. The highest BCUT2D eigenvalue weighted by Gasteiger charge is 2.40. The van der Waals surface area contributed by atoms with E-state index in [-0.39, 0.29) is 13.2 Å². The maximum Gasteiger partial charge on any atom is 0.336 e. The van der Waals surface area contributed by atoms with Gasteiger partial charge in [-0.2, -0.15) is 0 Å². The molecule has 0 heterocycles. The first-order valence-corrected chi connectivity index (χ1v) is 5.76. The minimum Gasteiger partial charge on any atom is -0.481 e. The summed E-state index contributed by atoms with van der Waals surface area (Å²) in [5.41, 5.74) is -2.74. The predicted molar refractivity (Wildman–Crippen MR) is 66.8 cm³/mol. The maximum atomic E-state index is 10.3. The Labute approximate surface area is 124 Å². The quantitative estimate of drug-likeness (QED) is 0.261. The van der Waals surface area contributed by atoms with E-state index in [0.717, 1.165) is 0 Å². The minimum absolute atomic E-state index is 0.133. The van der Waals surface area contributed by atoms with Crippen molar-refractivity contribution in [2.75, 3.05) is 13.2 Å². The van der Waals surface area contributed by atoms with Gasteiger partial charge in [0.15, 0.2) is 5.60 Å². The summed E-state index contributed by atoms with van der Waals surface area (Å²) in [4.78, 5) is 40.5. The molecular formula is C11H18O11. The van der Waals surface area contributed by atoms with Crippen LogP contribution in [0.4, 0.5) is 0 Å². The summed E-state index contributed by atoms with van der Waals surface area (Å²) < 4.78 is 4.35. The summed E-state index contributed by atoms with van der Waals surface area (Å²) in [7, 11) is 0. The van der Waals surface area contributed by atoms with Gasteiger partial charge in [-0.05, 0) is 0 Å². The Bertz CT molecular complexity index is 387. The number of aliphatic carboxylic acids is 3. The van der Waals surface area contributed by atoms with Crippen molar-refractivity contribution >= 4 is 23.9 Å². The number of aliphatic hydroxyl groups excluding tert-OH is 2. The Morgan fingerprint density at radius 1 is 1.05 bits per heavy atom. The average Bonchev–Trinajstić information content (AvgIpc) is 2.34. The van der Waals surface area contributed by atoms with Crippen molar-refractivity contribution in [1.82, 2.24) is 0 Å². The van der Waals surface area contributed by atoms with Crippen molar-refractivity contribution in [2.24, 2.45) is 0 Å². The van der Waals surface area contributed by atoms with E-state index < -0.39 is 48.4 Å². The van der Waals surface area contributed by atoms with Gasteiger partial charge in [0.05, 0.1) is 19.4 Å². The predicted octanol–water partition coefficient (Wildman–Crippen LogP) is -2.35. The second-order valence-corrected chi connectivity index (χ2v) is 4.12. The number of ether oxygens (including phenoxy) is 1. The summed E-state index contributed by atoms with van der Waals surface area (Å²) in [6.45, 7) is 0.725. The molecule has 0 aromatic carbocycles. The molecule has 11 nitrogen and oxygen atoms in total. The number of carbonyl (C=O) groups is 4. The zero-order valence-corrected chi connectivity index (χ0v) is 11.6. The van der Waals surface area contributed by atoms with Gasteiger partial charge < -0.3 is 35.4 Å². The molecule has 0 amide bonds. The number of carbonyl (C=O) groups excluding carboxylic acids is 1. The molecule has 0 aliphatic heterocycles. The van der Waals surface area contributed by atoms with E-state index in [2.05, 4.69) is 4.74 Å². The van der Waals surface area contributed by atoms with Gasteiger partial charge in [0, 0.05) is 6.92 Å². The van der Waals surface area contributed by atoms with Crippen molar-refractivity contribution in [3.05, 3.63) is 0 Å². The van der Waals surface area contributed by atoms with Gasteiger partial charge >= 0.3 is 23.9 Å². The number of hydrogen-bond acceptors (Lipinski definition) is 8. The lowest BCUT2D eigenvalue weighted by atomic mass is 9.96. The van der Waals surface area contributed by atoms with Gasteiger partial charge in [-0.25, -0.2) is 4.79 Å². The van der Waals surface area contributed by atoms with Gasteiger partial charge in [-0.3, -0.25) is 14.4 Å². The van der Waals surface area contributed by atoms with Gasteiger partial charge in [0.25, 0.3) is 0 Å². The third-order valence-corrected chi connectivity index (χ3v) is 1.98. The Morgan fingerprint density at radius 3 is 1.68 bits per heavy atom. The third kappa shape index (κ3) is 11.6. The maximum absolute atomic E-state index is 10.3. The van der Waals surface area contributed by atoms with E-state index in [4.69, 9.17) is 30.6 Å². The van der Waals surface area contributed by atoms with Crippen molar-refractivity contribution in [3.63, 3.8) is 0 Å². The number of carboxylic acids is 3. The highest BCUT2D eigenvalue weighted by atomic mass is 16.5. The fraction of sp³-hybridized carbons (Fsp3) is 0.636. The van der Waals surface area contributed by atoms with Crippen molar-refractivity contribution in [2.45, 2.75) is 31.5 Å². The lowest BCUT2D eigenvalue weighted by Gasteiger charge is -2.18. The first-order chi connectivity index (χ1) is 9.94. The average molecular weight is 326 g/mol. The van der Waals surface area contributed by atoms with Gasteiger partial charge in [0.1, 0.15) is 12.7 Å². The standard InChI is InChI=1S/C6H8O7.C5H10O4/c7-3(8)1-6(13,5(11)12)2-4(9)10;1-4(7)9-3-5(8)2-6/h13H,1-2H2,(H,7,8)(H,9,10)(H,11,12);5-6,8H,2-3H2,1H3. The summed E-state index contributed by atoms with van der Waals surface area (Å²) >= 11 is 0. The third-order valence-electron chi connectivity index (χ3n) is 1.98. The fourth-order valence-corrected chi connectivity index (χ4v) is 0.980. The Kier molecular flexibility index (Phi) is 10.5.